The molecule has 2 saturated heterocycles. The highest BCUT2D eigenvalue weighted by Gasteiger charge is 2.39. The molecule has 1 N–H and O–H groups in total. The highest BCUT2D eigenvalue weighted by molar-refractivity contribution is 5.76. The zero-order chi connectivity index (χ0) is 17.1. The van der Waals surface area contributed by atoms with Crippen LogP contribution >= 0.6 is 0 Å². The molecule has 0 aromatic heterocycles. The molecule has 136 valence electrons. The van der Waals surface area contributed by atoms with E-state index in [0.29, 0.717) is 19.4 Å². The first-order valence-electron chi connectivity index (χ1n) is 9.12. The number of benzene rings is 1. The molecule has 2 fully saturated rings. The summed E-state index contributed by atoms with van der Waals surface area (Å²) in [6.07, 6.45) is 4.81. The van der Waals surface area contributed by atoms with Crippen LogP contribution in [-0.2, 0) is 20.7 Å². The van der Waals surface area contributed by atoms with E-state index in [-0.39, 0.29) is 24.3 Å². The monoisotopic (exact) mass is 347 g/mol. The summed E-state index contributed by atoms with van der Waals surface area (Å²) < 4.78 is 22.2. The summed E-state index contributed by atoms with van der Waals surface area (Å²) in [6, 6.07) is 6.06. The number of carbonyl (C=O) groups is 1. The van der Waals surface area contributed by atoms with Crippen LogP contribution in [0.3, 0.4) is 0 Å². The summed E-state index contributed by atoms with van der Waals surface area (Å²) in [6.45, 7) is 2.50. The molecule has 1 aromatic carbocycles. The Hall–Kier alpha value is -1.79. The minimum absolute atomic E-state index is 0.0915. The van der Waals surface area contributed by atoms with Gasteiger partial charge in [-0.25, -0.2) is 0 Å². The number of hydrogen-bond acceptors (Lipinski definition) is 5. The Morgan fingerprint density at radius 3 is 2.88 bits per heavy atom. The van der Waals surface area contributed by atoms with Crippen LogP contribution in [0.15, 0.2) is 18.2 Å². The fourth-order valence-electron chi connectivity index (χ4n) is 3.90. The van der Waals surface area contributed by atoms with Gasteiger partial charge in [-0.15, -0.1) is 0 Å². The summed E-state index contributed by atoms with van der Waals surface area (Å²) in [4.78, 5) is 12.4. The van der Waals surface area contributed by atoms with Gasteiger partial charge in [-0.05, 0) is 49.8 Å². The van der Waals surface area contributed by atoms with Crippen LogP contribution in [0.25, 0.3) is 0 Å². The van der Waals surface area contributed by atoms with E-state index in [4.69, 9.17) is 18.9 Å². The molecule has 1 aromatic rings. The molecule has 3 heterocycles. The molecule has 0 radical (unpaired) electrons. The summed E-state index contributed by atoms with van der Waals surface area (Å²) >= 11 is 0. The largest absolute Gasteiger partial charge is 0.454 e. The average molecular weight is 347 g/mol. The van der Waals surface area contributed by atoms with Gasteiger partial charge in [0.15, 0.2) is 11.5 Å². The van der Waals surface area contributed by atoms with Crippen molar-refractivity contribution in [3.63, 3.8) is 0 Å². The third-order valence-corrected chi connectivity index (χ3v) is 5.34. The van der Waals surface area contributed by atoms with E-state index in [0.717, 1.165) is 56.0 Å². The first-order chi connectivity index (χ1) is 12.2. The summed E-state index contributed by atoms with van der Waals surface area (Å²) in [5, 5.41) is 3.20. The van der Waals surface area contributed by atoms with Crippen molar-refractivity contribution >= 4 is 5.91 Å². The first kappa shape index (κ1) is 16.7. The minimum atomic E-state index is -0.0915. The highest BCUT2D eigenvalue weighted by Crippen LogP contribution is 2.34. The molecule has 25 heavy (non-hydrogen) atoms. The molecule has 0 saturated carbocycles. The Labute approximate surface area is 147 Å². The Kier molecular flexibility index (Phi) is 4.81. The quantitative estimate of drug-likeness (QED) is 0.904. The van der Waals surface area contributed by atoms with Crippen LogP contribution in [0, 0.1) is 0 Å². The number of aryl methyl sites for hydroxylation is 1. The van der Waals surface area contributed by atoms with E-state index in [1.54, 1.807) is 0 Å². The molecule has 3 aliphatic rings. The van der Waals surface area contributed by atoms with Crippen molar-refractivity contribution in [1.29, 1.82) is 0 Å². The molecule has 1 amide bonds. The van der Waals surface area contributed by atoms with Gasteiger partial charge in [-0.3, -0.25) is 4.79 Å². The van der Waals surface area contributed by atoms with Crippen molar-refractivity contribution in [3.8, 4) is 11.5 Å². The lowest BCUT2D eigenvalue weighted by Gasteiger charge is -2.43. The molecule has 1 spiro atoms. The molecule has 1 atom stereocenters. The maximum Gasteiger partial charge on any atom is 0.231 e. The predicted molar refractivity (Wildman–Crippen MR) is 90.8 cm³/mol. The Bertz CT molecular complexity index is 621. The fourth-order valence-corrected chi connectivity index (χ4v) is 3.90. The topological polar surface area (TPSA) is 66.0 Å². The zero-order valence-electron chi connectivity index (χ0n) is 14.4. The van der Waals surface area contributed by atoms with Crippen molar-refractivity contribution in [2.24, 2.45) is 0 Å². The molecular weight excluding hydrogens is 322 g/mol. The fraction of sp³-hybridized carbons (Fsp3) is 0.632. The lowest BCUT2D eigenvalue weighted by molar-refractivity contribution is -0.144. The second kappa shape index (κ2) is 7.22. The molecule has 4 rings (SSSR count). The number of nitrogens with one attached hydrogen (secondary N) is 1. The second-order valence-electron chi connectivity index (χ2n) is 7.09. The predicted octanol–water partition coefficient (Wildman–Crippen LogP) is 2.19. The maximum absolute atomic E-state index is 12.4. The molecule has 6 nitrogen and oxygen atoms in total. The lowest BCUT2D eigenvalue weighted by atomic mass is 9.84. The molecule has 0 unspecified atom stereocenters. The van der Waals surface area contributed by atoms with E-state index >= 15 is 0 Å². The second-order valence-corrected chi connectivity index (χ2v) is 7.09. The number of amides is 1. The SMILES string of the molecule is O=C(CCc1ccc2c(c1)OCO2)N[C@@H]1CCOC2(CCOCC2)C1. The van der Waals surface area contributed by atoms with Crippen molar-refractivity contribution in [2.45, 2.75) is 50.2 Å². The Morgan fingerprint density at radius 2 is 2.00 bits per heavy atom. The van der Waals surface area contributed by atoms with Gasteiger partial charge in [0.2, 0.25) is 12.7 Å². The number of fused-ring (bicyclic) bond motifs is 1. The lowest BCUT2D eigenvalue weighted by Crippen LogP contribution is -2.51. The molecule has 0 aliphatic carbocycles. The van der Waals surface area contributed by atoms with Crippen molar-refractivity contribution in [2.75, 3.05) is 26.6 Å². The maximum atomic E-state index is 12.4. The Morgan fingerprint density at radius 1 is 1.16 bits per heavy atom. The average Bonchev–Trinajstić information content (AvgIpc) is 3.08. The minimum Gasteiger partial charge on any atom is -0.454 e. The number of ether oxygens (including phenoxy) is 4. The molecule has 3 aliphatic heterocycles. The van der Waals surface area contributed by atoms with Crippen LogP contribution in [0.2, 0.25) is 0 Å². The first-order valence-corrected chi connectivity index (χ1v) is 9.12. The van der Waals surface area contributed by atoms with Crippen LogP contribution in [0.4, 0.5) is 0 Å². The number of carbonyl (C=O) groups excluding carboxylic acids is 1. The third-order valence-electron chi connectivity index (χ3n) is 5.34. The van der Waals surface area contributed by atoms with Gasteiger partial charge in [0, 0.05) is 32.3 Å². The molecule has 6 heteroatoms. The van der Waals surface area contributed by atoms with Crippen LogP contribution in [-0.4, -0.2) is 44.2 Å². The van der Waals surface area contributed by atoms with Crippen molar-refractivity contribution in [3.05, 3.63) is 23.8 Å². The summed E-state index contributed by atoms with van der Waals surface area (Å²) in [7, 11) is 0. The van der Waals surface area contributed by atoms with Gasteiger partial charge in [0.25, 0.3) is 0 Å². The van der Waals surface area contributed by atoms with E-state index < -0.39 is 0 Å². The highest BCUT2D eigenvalue weighted by atomic mass is 16.7. The van der Waals surface area contributed by atoms with Gasteiger partial charge in [0.05, 0.1) is 5.60 Å². The van der Waals surface area contributed by atoms with Crippen molar-refractivity contribution in [1.82, 2.24) is 5.32 Å². The number of rotatable bonds is 4. The van der Waals surface area contributed by atoms with Crippen LogP contribution in [0.5, 0.6) is 11.5 Å². The molecule has 0 bridgehead atoms. The standard InChI is InChI=1S/C19H25NO5/c21-18(4-2-14-1-3-16-17(11-14)24-13-23-16)20-15-5-8-25-19(12-15)6-9-22-10-7-19/h1,3,11,15H,2,4-10,12-13H2,(H,20,21)/t15-/m1/s1. The van der Waals surface area contributed by atoms with Gasteiger partial charge >= 0.3 is 0 Å². The van der Waals surface area contributed by atoms with E-state index in [1.165, 1.54) is 0 Å². The van der Waals surface area contributed by atoms with Gasteiger partial charge in [0.1, 0.15) is 0 Å². The van der Waals surface area contributed by atoms with Crippen LogP contribution in [0.1, 0.15) is 37.7 Å². The molecular formula is C19H25NO5. The van der Waals surface area contributed by atoms with Gasteiger partial charge in [-0.2, -0.15) is 0 Å². The van der Waals surface area contributed by atoms with Crippen LogP contribution < -0.4 is 14.8 Å². The number of hydrogen-bond donors (Lipinski definition) is 1. The Balaban J connectivity index is 1.27. The van der Waals surface area contributed by atoms with Crippen molar-refractivity contribution < 1.29 is 23.7 Å². The summed E-state index contributed by atoms with van der Waals surface area (Å²) in [5.41, 5.74) is 0.999. The van der Waals surface area contributed by atoms with E-state index in [9.17, 15) is 4.79 Å². The zero-order valence-corrected chi connectivity index (χ0v) is 14.4. The third kappa shape index (κ3) is 3.90. The van der Waals surface area contributed by atoms with E-state index in [1.807, 2.05) is 18.2 Å². The normalized spacial score (nSPS) is 24.2. The van der Waals surface area contributed by atoms with Gasteiger partial charge < -0.3 is 24.3 Å². The summed E-state index contributed by atoms with van der Waals surface area (Å²) in [5.74, 6) is 1.65. The smallest absolute Gasteiger partial charge is 0.231 e. The van der Waals surface area contributed by atoms with Gasteiger partial charge in [-0.1, -0.05) is 6.07 Å². The van der Waals surface area contributed by atoms with E-state index in [2.05, 4.69) is 5.32 Å².